The number of aromatic amines is 2. The van der Waals surface area contributed by atoms with Gasteiger partial charge in [0.25, 0.3) is 0 Å². The first kappa shape index (κ1) is 94.0. The standard InChI is InChI=1S/C17H17Cl2F2N.C16H15Cl2F2N.C16H22ClN.C16H23N.C14H19Cl2NO.C13H17Cl2N/c1-17(2,16-14(18)9-22-10-15(16)19)5-3-4-11-6-12(20)8-13(21)7-11;1-10(16-14(17)8-21-9-15(16)18)3-2-4-11-5-12(19)7-13(20)6-11;1-16(2,3)10-5-4-7-12-11-18-14-9-6-8-13(17)15(12)14;1-16(2,3)11-7-6-8-13-12-17-15-10-5-4-9-14(13)15;1-14(7-4-8-18-14)6-3-2-5-11-12(15)9-17-10-13(11)16;1-13(2)6-9(13)4-3-5-10-11(14)7-16-8-12(10)15/h6-10H,3-5H2,1-2H3;5-10H,2-4H2,1H3;6,8-9,11,18H,4-5,7,10H2,1-3H3;4-5,9-10,12,17H,6-8,11H2,1-3H3;9-10H,2-8H2,1H3;7-9H,3-6H2,1-2H3. The lowest BCUT2D eigenvalue weighted by atomic mass is 9.80. The van der Waals surface area contributed by atoms with Gasteiger partial charge in [-0.1, -0.05) is 224 Å². The summed E-state index contributed by atoms with van der Waals surface area (Å²) in [5, 5.41) is 8.36. The number of nitrogens with zero attached hydrogens (tertiary/aromatic N) is 4. The fraction of sp³-hybridized carbons (Fsp3) is 0.478. The zero-order valence-corrected chi connectivity index (χ0v) is 74.0. The Balaban J connectivity index is 0.000000187. The summed E-state index contributed by atoms with van der Waals surface area (Å²) in [6.07, 6.45) is 43.0. The highest BCUT2D eigenvalue weighted by Crippen LogP contribution is 2.54. The summed E-state index contributed by atoms with van der Waals surface area (Å²) in [7, 11) is 0. The zero-order valence-electron chi connectivity index (χ0n) is 67.2. The van der Waals surface area contributed by atoms with E-state index in [1.165, 1.54) is 122 Å². The summed E-state index contributed by atoms with van der Waals surface area (Å²) >= 11 is 55.2. The minimum absolute atomic E-state index is 0.103. The number of ether oxygens (including phenoxy) is 1. The summed E-state index contributed by atoms with van der Waals surface area (Å²) in [6.45, 7) is 27.8. The first-order chi connectivity index (χ1) is 52.9. The molecule has 608 valence electrons. The second-order valence-corrected chi connectivity index (χ2v) is 37.7. The number of aryl methyl sites for hydroxylation is 4. The molecule has 0 radical (unpaired) electrons. The number of nitrogens with one attached hydrogen (secondary N) is 2. The number of benzene rings is 4. The molecule has 1 saturated heterocycles. The Morgan fingerprint density at radius 2 is 0.920 bits per heavy atom. The molecule has 0 amide bonds. The van der Waals surface area contributed by atoms with Crippen LogP contribution in [0, 0.1) is 45.4 Å². The van der Waals surface area contributed by atoms with Crippen LogP contribution in [0.3, 0.4) is 0 Å². The van der Waals surface area contributed by atoms with E-state index in [-0.39, 0.29) is 16.9 Å². The third kappa shape index (κ3) is 31.7. The van der Waals surface area contributed by atoms with Crippen molar-refractivity contribution in [3.8, 4) is 0 Å². The lowest BCUT2D eigenvalue weighted by molar-refractivity contribution is 0.0114. The maximum Gasteiger partial charge on any atom is 0.126 e. The highest BCUT2D eigenvalue weighted by atomic mass is 35.5. The van der Waals surface area contributed by atoms with Crippen molar-refractivity contribution in [2.75, 3.05) is 6.61 Å². The maximum atomic E-state index is 13.2. The van der Waals surface area contributed by atoms with E-state index < -0.39 is 23.3 Å². The SMILES string of the molecule is CC(C)(C)CCCCc1c[nH]c2cccc(Cl)c12.CC(C)(C)CCCCc1c[nH]c2ccccc12.CC(C)(CCCc1cc(F)cc(F)c1)c1c(Cl)cncc1Cl.CC(CCCc1cc(F)cc(F)c1)c1c(Cl)cncc1Cl.CC1(C)CC1CCCc1c(Cl)cncc1Cl.CC1(CCCCc2c(Cl)cncc2Cl)CCCO1. The first-order valence-corrected chi connectivity index (χ1v) is 42.8. The van der Waals surface area contributed by atoms with E-state index >= 15 is 0 Å². The van der Waals surface area contributed by atoms with Crippen LogP contribution in [-0.2, 0) is 48.7 Å². The molecular weight excluding hydrogens is 1600 g/mol. The summed E-state index contributed by atoms with van der Waals surface area (Å²) in [5.74, 6) is -1.13. The van der Waals surface area contributed by atoms with E-state index in [1.807, 2.05) is 32.9 Å². The van der Waals surface area contributed by atoms with Crippen LogP contribution in [0.25, 0.3) is 21.8 Å². The molecule has 7 nitrogen and oxygen atoms in total. The average molecular weight is 1710 g/mol. The van der Waals surface area contributed by atoms with Crippen LogP contribution in [0.4, 0.5) is 17.6 Å². The summed E-state index contributed by atoms with van der Waals surface area (Å²) in [4.78, 5) is 22.5. The van der Waals surface area contributed by atoms with Gasteiger partial charge in [-0.3, -0.25) is 19.9 Å². The van der Waals surface area contributed by atoms with Gasteiger partial charge in [0, 0.05) is 103 Å². The zero-order chi connectivity index (χ0) is 82.0. The Kier molecular flexibility index (Phi) is 37.8. The second kappa shape index (κ2) is 45.0. The van der Waals surface area contributed by atoms with Gasteiger partial charge in [0.1, 0.15) is 23.3 Å². The average Bonchev–Trinajstić information content (AvgIpc) is 1.65. The number of aromatic nitrogens is 6. The molecule has 0 spiro atoms. The van der Waals surface area contributed by atoms with Gasteiger partial charge < -0.3 is 14.7 Å². The largest absolute Gasteiger partial charge is 0.375 e. The molecule has 12 rings (SSSR count). The van der Waals surface area contributed by atoms with Crippen molar-refractivity contribution >= 4 is 126 Å². The molecule has 112 heavy (non-hydrogen) atoms. The lowest BCUT2D eigenvalue weighted by Crippen LogP contribution is -2.22. The number of halogens is 13. The van der Waals surface area contributed by atoms with Gasteiger partial charge in [-0.15, -0.1) is 0 Å². The molecule has 2 fully saturated rings. The number of unbranched alkanes of at least 4 members (excludes halogenated alkanes) is 3. The molecule has 1 aliphatic heterocycles. The van der Waals surface area contributed by atoms with Gasteiger partial charge in [0.15, 0.2) is 0 Å². The highest BCUT2D eigenvalue weighted by molar-refractivity contribution is 6.38. The topological polar surface area (TPSA) is 92.4 Å². The Morgan fingerprint density at radius 3 is 1.42 bits per heavy atom. The summed E-state index contributed by atoms with van der Waals surface area (Å²) in [6, 6.07) is 21.8. The highest BCUT2D eigenvalue weighted by Gasteiger charge is 2.44. The second-order valence-electron chi connectivity index (χ2n) is 34.0. The van der Waals surface area contributed by atoms with Gasteiger partial charge in [-0.2, -0.15) is 0 Å². The number of H-pyrrole nitrogens is 2. The molecule has 4 aromatic carbocycles. The minimum atomic E-state index is -0.547. The van der Waals surface area contributed by atoms with E-state index in [9.17, 15) is 17.6 Å². The van der Waals surface area contributed by atoms with E-state index in [0.29, 0.717) is 80.4 Å². The van der Waals surface area contributed by atoms with Crippen LogP contribution in [-0.4, -0.2) is 42.1 Å². The van der Waals surface area contributed by atoms with Crippen LogP contribution in [0.5, 0.6) is 0 Å². The third-order valence-electron chi connectivity index (χ3n) is 21.1. The van der Waals surface area contributed by atoms with Crippen molar-refractivity contribution in [1.82, 2.24) is 29.9 Å². The fourth-order valence-corrected chi connectivity index (χ4v) is 17.6. The number of hydrogen-bond acceptors (Lipinski definition) is 5. The molecular formula is C92H113Cl9F4N6O. The normalized spacial score (nSPS) is 15.4. The predicted molar refractivity (Wildman–Crippen MR) is 469 cm³/mol. The molecule has 2 N–H and O–H groups in total. The minimum Gasteiger partial charge on any atom is -0.375 e. The fourth-order valence-electron chi connectivity index (χ4n) is 14.5. The van der Waals surface area contributed by atoms with Crippen LogP contribution >= 0.6 is 104 Å². The van der Waals surface area contributed by atoms with E-state index in [4.69, 9.17) is 109 Å². The Morgan fingerprint density at radius 1 is 0.473 bits per heavy atom. The van der Waals surface area contributed by atoms with Crippen LogP contribution in [0.15, 0.2) is 141 Å². The number of hydrogen-bond donors (Lipinski definition) is 2. The first-order valence-electron chi connectivity index (χ1n) is 39.4. The molecule has 3 atom stereocenters. The molecule has 7 heterocycles. The van der Waals surface area contributed by atoms with Crippen molar-refractivity contribution in [2.24, 2.45) is 22.2 Å². The van der Waals surface area contributed by atoms with Gasteiger partial charge in [0.2, 0.25) is 0 Å². The van der Waals surface area contributed by atoms with Gasteiger partial charge in [-0.25, -0.2) is 17.6 Å². The number of rotatable bonds is 27. The van der Waals surface area contributed by atoms with Crippen molar-refractivity contribution in [3.05, 3.63) is 254 Å². The molecule has 3 unspecified atom stereocenters. The predicted octanol–water partition coefficient (Wildman–Crippen LogP) is 31.7. The molecule has 10 aromatic rings. The molecule has 1 aliphatic carbocycles. The number of para-hydroxylation sites is 1. The van der Waals surface area contributed by atoms with E-state index in [0.717, 1.165) is 128 Å². The van der Waals surface area contributed by atoms with Crippen LogP contribution in [0.2, 0.25) is 45.2 Å². The van der Waals surface area contributed by atoms with E-state index in [1.54, 1.807) is 49.6 Å². The molecule has 2 aliphatic rings. The summed E-state index contributed by atoms with van der Waals surface area (Å²) < 4.78 is 58.3. The molecule has 0 bridgehead atoms. The third-order valence-corrected chi connectivity index (χ3v) is 23.9. The monoisotopic (exact) mass is 1710 g/mol. The lowest BCUT2D eigenvalue weighted by Gasteiger charge is -2.27. The van der Waals surface area contributed by atoms with Crippen molar-refractivity contribution in [1.29, 1.82) is 0 Å². The van der Waals surface area contributed by atoms with Crippen molar-refractivity contribution in [3.63, 3.8) is 0 Å². The number of fused-ring (bicyclic) bond motifs is 2. The van der Waals surface area contributed by atoms with E-state index in [2.05, 4.69) is 135 Å². The maximum absolute atomic E-state index is 13.2. The van der Waals surface area contributed by atoms with Crippen molar-refractivity contribution in [2.45, 2.75) is 254 Å². The van der Waals surface area contributed by atoms with Crippen molar-refractivity contribution < 1.29 is 22.3 Å². The van der Waals surface area contributed by atoms with Gasteiger partial charge in [-0.05, 0) is 262 Å². The van der Waals surface area contributed by atoms with Crippen LogP contribution < -0.4 is 0 Å². The Labute approximate surface area is 709 Å². The smallest absolute Gasteiger partial charge is 0.126 e. The molecule has 6 aromatic heterocycles. The Hall–Kier alpha value is -5.15. The quantitative estimate of drug-likeness (QED) is 0.0395. The van der Waals surface area contributed by atoms with Gasteiger partial charge in [0.05, 0.1) is 50.8 Å². The van der Waals surface area contributed by atoms with Crippen LogP contribution in [0.1, 0.15) is 249 Å². The summed E-state index contributed by atoms with van der Waals surface area (Å²) in [5.41, 5.74) is 11.7. The molecule has 20 heteroatoms. The molecule has 1 saturated carbocycles. The Bertz CT molecular complexity index is 4440. The number of pyridine rings is 4. The van der Waals surface area contributed by atoms with Gasteiger partial charge >= 0.3 is 0 Å².